The van der Waals surface area contributed by atoms with Gasteiger partial charge in [-0.15, -0.1) is 0 Å². The maximum atomic E-state index is 13.6. The topological polar surface area (TPSA) is 40.5 Å². The van der Waals surface area contributed by atoms with E-state index in [9.17, 15) is 9.18 Å². The molecular formula is C11H11ClFNO2. The number of hydrogen-bond donors (Lipinski definition) is 1. The van der Waals surface area contributed by atoms with Gasteiger partial charge in [-0.2, -0.15) is 0 Å². The van der Waals surface area contributed by atoms with Crippen molar-refractivity contribution in [3.63, 3.8) is 0 Å². The first-order valence-corrected chi connectivity index (χ1v) is 5.39. The van der Waals surface area contributed by atoms with Crippen LogP contribution in [0.3, 0.4) is 0 Å². The molecule has 0 spiro atoms. The summed E-state index contributed by atoms with van der Waals surface area (Å²) in [5.74, 6) is -0.707. The van der Waals surface area contributed by atoms with Crippen molar-refractivity contribution in [2.45, 2.75) is 18.9 Å². The van der Waals surface area contributed by atoms with E-state index in [0.29, 0.717) is 12.8 Å². The van der Waals surface area contributed by atoms with Gasteiger partial charge in [0.1, 0.15) is 5.82 Å². The van der Waals surface area contributed by atoms with Crippen LogP contribution < -0.4 is 4.90 Å². The van der Waals surface area contributed by atoms with Gasteiger partial charge in [0.05, 0.1) is 18.3 Å². The molecular weight excluding hydrogens is 233 g/mol. The second kappa shape index (κ2) is 4.39. The van der Waals surface area contributed by atoms with Crippen LogP contribution in [0.4, 0.5) is 10.1 Å². The smallest absolute Gasteiger partial charge is 0.227 e. The summed E-state index contributed by atoms with van der Waals surface area (Å²) in [6.45, 7) is -0.159. The largest absolute Gasteiger partial charge is 0.394 e. The Morgan fingerprint density at radius 3 is 2.94 bits per heavy atom. The third kappa shape index (κ3) is 1.90. The van der Waals surface area contributed by atoms with Gasteiger partial charge >= 0.3 is 0 Å². The molecule has 1 amide bonds. The van der Waals surface area contributed by atoms with Gasteiger partial charge < -0.3 is 10.0 Å². The lowest BCUT2D eigenvalue weighted by Crippen LogP contribution is -2.35. The predicted octanol–water partition coefficient (Wildman–Crippen LogP) is 1.97. The molecule has 1 aromatic carbocycles. The summed E-state index contributed by atoms with van der Waals surface area (Å²) in [7, 11) is 0. The quantitative estimate of drug-likeness (QED) is 0.863. The third-order valence-electron chi connectivity index (χ3n) is 2.71. The number of hydrogen-bond acceptors (Lipinski definition) is 2. The van der Waals surface area contributed by atoms with Gasteiger partial charge in [0.15, 0.2) is 0 Å². The molecule has 0 bridgehead atoms. The molecule has 3 nitrogen and oxygen atoms in total. The molecule has 1 aliphatic heterocycles. The van der Waals surface area contributed by atoms with Gasteiger partial charge in [0.25, 0.3) is 0 Å². The Hall–Kier alpha value is -1.13. The first-order valence-electron chi connectivity index (χ1n) is 5.01. The highest BCUT2D eigenvalue weighted by molar-refractivity contribution is 6.30. The lowest BCUT2D eigenvalue weighted by Gasteiger charge is -2.23. The Bertz CT molecular complexity index is 424. The molecule has 1 atom stereocenters. The molecule has 0 saturated carbocycles. The van der Waals surface area contributed by atoms with Gasteiger partial charge in [-0.3, -0.25) is 4.79 Å². The minimum atomic E-state index is -0.541. The first kappa shape index (κ1) is 11.4. The van der Waals surface area contributed by atoms with Crippen molar-refractivity contribution >= 4 is 23.2 Å². The summed E-state index contributed by atoms with van der Waals surface area (Å²) in [6.07, 6.45) is 0.894. The third-order valence-corrected chi connectivity index (χ3v) is 2.94. The highest BCUT2D eigenvalue weighted by atomic mass is 35.5. The normalized spacial score (nSPS) is 20.6. The van der Waals surface area contributed by atoms with Crippen molar-refractivity contribution in [1.82, 2.24) is 0 Å². The van der Waals surface area contributed by atoms with Crippen LogP contribution in [0.2, 0.25) is 5.02 Å². The summed E-state index contributed by atoms with van der Waals surface area (Å²) < 4.78 is 13.6. The molecule has 1 fully saturated rings. The number of halogens is 2. The molecule has 1 aromatic rings. The fraction of sp³-hybridized carbons (Fsp3) is 0.364. The van der Waals surface area contributed by atoms with Crippen LogP contribution in [-0.4, -0.2) is 23.7 Å². The molecule has 1 heterocycles. The van der Waals surface area contributed by atoms with E-state index >= 15 is 0 Å². The Morgan fingerprint density at radius 2 is 2.31 bits per heavy atom. The summed E-state index contributed by atoms with van der Waals surface area (Å²) in [4.78, 5) is 12.9. The molecule has 16 heavy (non-hydrogen) atoms. The average molecular weight is 244 g/mol. The number of amides is 1. The SMILES string of the molecule is O=C1CCC(CO)N1c1ccc(Cl)cc1F. The van der Waals surface area contributed by atoms with Crippen molar-refractivity contribution in [2.75, 3.05) is 11.5 Å². The Morgan fingerprint density at radius 1 is 1.56 bits per heavy atom. The van der Waals surface area contributed by atoms with Crippen molar-refractivity contribution in [3.05, 3.63) is 29.0 Å². The summed E-state index contributed by atoms with van der Waals surface area (Å²) in [5.41, 5.74) is 0.186. The van der Waals surface area contributed by atoms with Gasteiger partial charge in [-0.05, 0) is 24.6 Å². The average Bonchev–Trinajstić information content (AvgIpc) is 2.60. The number of benzene rings is 1. The Kier molecular flexibility index (Phi) is 3.12. The monoisotopic (exact) mass is 243 g/mol. The number of rotatable bonds is 2. The van der Waals surface area contributed by atoms with E-state index in [0.717, 1.165) is 6.07 Å². The van der Waals surface area contributed by atoms with E-state index in [1.807, 2.05) is 0 Å². The molecule has 1 aliphatic rings. The van der Waals surface area contributed by atoms with Crippen LogP contribution in [-0.2, 0) is 4.79 Å². The van der Waals surface area contributed by atoms with E-state index in [1.54, 1.807) is 0 Å². The first-order chi connectivity index (χ1) is 7.63. The van der Waals surface area contributed by atoms with Gasteiger partial charge in [0.2, 0.25) is 5.91 Å². The van der Waals surface area contributed by atoms with Crippen LogP contribution in [0.1, 0.15) is 12.8 Å². The second-order valence-electron chi connectivity index (χ2n) is 3.73. The van der Waals surface area contributed by atoms with Crippen molar-refractivity contribution in [1.29, 1.82) is 0 Å². The maximum absolute atomic E-state index is 13.6. The summed E-state index contributed by atoms with van der Waals surface area (Å²) >= 11 is 5.64. The zero-order chi connectivity index (χ0) is 11.7. The highest BCUT2D eigenvalue weighted by Gasteiger charge is 2.33. The highest BCUT2D eigenvalue weighted by Crippen LogP contribution is 2.30. The minimum Gasteiger partial charge on any atom is -0.394 e. The van der Waals surface area contributed by atoms with Crippen molar-refractivity contribution in [2.24, 2.45) is 0 Å². The molecule has 2 rings (SSSR count). The van der Waals surface area contributed by atoms with Crippen molar-refractivity contribution in [3.8, 4) is 0 Å². The lowest BCUT2D eigenvalue weighted by molar-refractivity contribution is -0.117. The Labute approximate surface area is 97.4 Å². The Balaban J connectivity index is 2.38. The number of nitrogens with zero attached hydrogens (tertiary/aromatic N) is 1. The van der Waals surface area contributed by atoms with E-state index in [2.05, 4.69) is 0 Å². The van der Waals surface area contributed by atoms with E-state index < -0.39 is 5.82 Å². The molecule has 0 aromatic heterocycles. The molecule has 0 aliphatic carbocycles. The fourth-order valence-corrected chi connectivity index (χ4v) is 2.08. The van der Waals surface area contributed by atoms with Crippen LogP contribution in [0, 0.1) is 5.82 Å². The number of carbonyl (C=O) groups excluding carboxylic acids is 1. The van der Waals surface area contributed by atoms with Crippen LogP contribution in [0.25, 0.3) is 0 Å². The number of anilines is 1. The van der Waals surface area contributed by atoms with E-state index in [1.165, 1.54) is 17.0 Å². The zero-order valence-electron chi connectivity index (χ0n) is 8.49. The molecule has 1 saturated heterocycles. The summed E-state index contributed by atoms with van der Waals surface area (Å²) in [5, 5.41) is 9.40. The standard InChI is InChI=1S/C11H11ClFNO2/c12-7-1-3-10(9(13)5-7)14-8(6-15)2-4-11(14)16/h1,3,5,8,15H,2,4,6H2. The number of aliphatic hydroxyl groups excluding tert-OH is 1. The van der Waals surface area contributed by atoms with Gasteiger partial charge in [-0.1, -0.05) is 11.6 Å². The van der Waals surface area contributed by atoms with Crippen molar-refractivity contribution < 1.29 is 14.3 Å². The predicted molar refractivity (Wildman–Crippen MR) is 59.0 cm³/mol. The van der Waals surface area contributed by atoms with Gasteiger partial charge in [-0.25, -0.2) is 4.39 Å². The van der Waals surface area contributed by atoms with E-state index in [-0.39, 0.29) is 29.3 Å². The van der Waals surface area contributed by atoms with Crippen LogP contribution in [0.15, 0.2) is 18.2 Å². The van der Waals surface area contributed by atoms with E-state index in [4.69, 9.17) is 16.7 Å². The zero-order valence-corrected chi connectivity index (χ0v) is 9.25. The van der Waals surface area contributed by atoms with Gasteiger partial charge in [0, 0.05) is 11.4 Å². The fourth-order valence-electron chi connectivity index (χ4n) is 1.92. The molecule has 1 N–H and O–H groups in total. The molecule has 1 unspecified atom stereocenters. The summed E-state index contributed by atoms with van der Waals surface area (Å²) in [6, 6.07) is 3.82. The molecule has 86 valence electrons. The minimum absolute atomic E-state index is 0.159. The molecule has 5 heteroatoms. The molecule has 0 radical (unpaired) electrons. The van der Waals surface area contributed by atoms with Crippen LogP contribution in [0.5, 0.6) is 0 Å². The maximum Gasteiger partial charge on any atom is 0.227 e. The second-order valence-corrected chi connectivity index (χ2v) is 4.17. The lowest BCUT2D eigenvalue weighted by atomic mass is 10.2. The van der Waals surface area contributed by atoms with Crippen LogP contribution >= 0.6 is 11.6 Å². The number of carbonyl (C=O) groups is 1. The number of aliphatic hydroxyl groups is 1.